The first-order valence-electron chi connectivity index (χ1n) is 6.79. The molecule has 3 aliphatic heterocycles. The van der Waals surface area contributed by atoms with E-state index in [1.807, 2.05) is 30.3 Å². The Morgan fingerprint density at radius 2 is 1.68 bits per heavy atom. The fourth-order valence-corrected chi connectivity index (χ4v) is 3.16. The number of quaternary nitrogens is 2. The number of fused-ring (bicyclic) bond motifs is 3. The number of amides is 1. The molecule has 0 atom stereocenters. The molecule has 3 saturated heterocycles. The van der Waals surface area contributed by atoms with Crippen LogP contribution in [0.25, 0.3) is 0 Å². The highest BCUT2D eigenvalue weighted by Gasteiger charge is 2.42. The molecule has 3 heterocycles. The smallest absolute Gasteiger partial charge is 0.279 e. The third-order valence-corrected chi connectivity index (χ3v) is 4.36. The van der Waals surface area contributed by atoms with Gasteiger partial charge in [-0.15, -0.1) is 0 Å². The maximum absolute atomic E-state index is 12.1. The molecule has 4 nitrogen and oxygen atoms in total. The molecule has 0 aromatic heterocycles. The van der Waals surface area contributed by atoms with Gasteiger partial charge in [0.25, 0.3) is 5.91 Å². The van der Waals surface area contributed by atoms with E-state index in [1.165, 1.54) is 19.6 Å². The number of anilines is 1. The van der Waals surface area contributed by atoms with Crippen molar-refractivity contribution >= 4 is 11.6 Å². The van der Waals surface area contributed by atoms with E-state index in [-0.39, 0.29) is 13.3 Å². The molecule has 0 aliphatic carbocycles. The number of carbonyl (C=O) groups is 1. The molecule has 104 valence electrons. The summed E-state index contributed by atoms with van der Waals surface area (Å²) in [4.78, 5) is 13.8. The SMILES string of the molecule is C.O=C(C[N+]12CC[NH+](CC1)CC2)Nc1ccccc1. The van der Waals surface area contributed by atoms with Crippen molar-refractivity contribution in [2.75, 3.05) is 51.1 Å². The van der Waals surface area contributed by atoms with E-state index in [2.05, 4.69) is 5.32 Å². The molecule has 2 N–H and O–H groups in total. The minimum atomic E-state index is 0. The van der Waals surface area contributed by atoms with Gasteiger partial charge in [-0.1, -0.05) is 25.6 Å². The zero-order valence-electron chi connectivity index (χ0n) is 10.7. The van der Waals surface area contributed by atoms with Crippen molar-refractivity contribution in [3.63, 3.8) is 0 Å². The Hall–Kier alpha value is -1.39. The van der Waals surface area contributed by atoms with Crippen molar-refractivity contribution in [1.29, 1.82) is 0 Å². The Morgan fingerprint density at radius 1 is 1.11 bits per heavy atom. The van der Waals surface area contributed by atoms with Crippen LogP contribution in [0.15, 0.2) is 30.3 Å². The molecule has 0 spiro atoms. The molecule has 0 radical (unpaired) electrons. The maximum atomic E-state index is 12.1. The average Bonchev–Trinajstić information content (AvgIpc) is 2.41. The summed E-state index contributed by atoms with van der Waals surface area (Å²) in [7, 11) is 0. The molecular formula is C15H25N3O+2. The highest BCUT2D eigenvalue weighted by Crippen LogP contribution is 2.11. The average molecular weight is 263 g/mol. The Labute approximate surface area is 115 Å². The minimum Gasteiger partial charge on any atom is -0.321 e. The molecule has 1 amide bonds. The van der Waals surface area contributed by atoms with Gasteiger partial charge in [0.1, 0.15) is 39.3 Å². The zero-order chi connectivity index (χ0) is 12.4. The molecule has 4 heteroatoms. The van der Waals surface area contributed by atoms with E-state index in [9.17, 15) is 4.79 Å². The van der Waals surface area contributed by atoms with Gasteiger partial charge in [0, 0.05) is 5.69 Å². The van der Waals surface area contributed by atoms with Gasteiger partial charge < -0.3 is 14.7 Å². The summed E-state index contributed by atoms with van der Waals surface area (Å²) in [6.07, 6.45) is 0. The number of para-hydroxylation sites is 1. The predicted octanol–water partition coefficient (Wildman–Crippen LogP) is -0.00990. The van der Waals surface area contributed by atoms with Crippen molar-refractivity contribution in [3.8, 4) is 0 Å². The van der Waals surface area contributed by atoms with E-state index in [4.69, 9.17) is 0 Å². The van der Waals surface area contributed by atoms with Crippen molar-refractivity contribution < 1.29 is 14.2 Å². The fraction of sp³-hybridized carbons (Fsp3) is 0.533. The van der Waals surface area contributed by atoms with Crippen LogP contribution in [0, 0.1) is 0 Å². The monoisotopic (exact) mass is 263 g/mol. The molecule has 3 fully saturated rings. The standard InChI is InChI=1S/C14H19N3O.CH4/c18-14(15-13-4-2-1-3-5-13)12-17-9-6-16(7-10-17)8-11-17;/h1-5H,6-12H2;1H4/p+2. The molecule has 4 rings (SSSR count). The lowest BCUT2D eigenvalue weighted by Crippen LogP contribution is -3.19. The lowest BCUT2D eigenvalue weighted by Gasteiger charge is -2.47. The van der Waals surface area contributed by atoms with Crippen LogP contribution < -0.4 is 10.2 Å². The highest BCUT2D eigenvalue weighted by molar-refractivity contribution is 5.91. The Kier molecular flexibility index (Phi) is 4.22. The number of hydrogen-bond donors (Lipinski definition) is 2. The van der Waals surface area contributed by atoms with Crippen molar-refractivity contribution in [2.45, 2.75) is 7.43 Å². The summed E-state index contributed by atoms with van der Waals surface area (Å²) in [5.74, 6) is 0.159. The molecule has 1 aromatic carbocycles. The Bertz CT molecular complexity index is 411. The molecule has 0 unspecified atom stereocenters. The fourth-order valence-electron chi connectivity index (χ4n) is 3.16. The second-order valence-corrected chi connectivity index (χ2v) is 5.58. The van der Waals surface area contributed by atoms with Gasteiger partial charge in [0.2, 0.25) is 0 Å². The number of benzene rings is 1. The van der Waals surface area contributed by atoms with E-state index < -0.39 is 0 Å². The number of carbonyl (C=O) groups excluding carboxylic acids is 1. The lowest BCUT2D eigenvalue weighted by molar-refractivity contribution is -1.07. The van der Waals surface area contributed by atoms with Crippen LogP contribution in [0.5, 0.6) is 0 Å². The summed E-state index contributed by atoms with van der Waals surface area (Å²) in [6.45, 7) is 7.84. The maximum Gasteiger partial charge on any atom is 0.279 e. The molecule has 2 bridgehead atoms. The number of nitrogens with one attached hydrogen (secondary N) is 2. The zero-order valence-corrected chi connectivity index (χ0v) is 10.7. The van der Waals surface area contributed by atoms with Gasteiger partial charge in [0.15, 0.2) is 6.54 Å². The van der Waals surface area contributed by atoms with Crippen LogP contribution in [-0.2, 0) is 4.79 Å². The first kappa shape index (κ1) is 14.0. The van der Waals surface area contributed by atoms with Gasteiger partial charge >= 0.3 is 0 Å². The Morgan fingerprint density at radius 3 is 2.26 bits per heavy atom. The normalized spacial score (nSPS) is 28.5. The first-order chi connectivity index (χ1) is 8.76. The van der Waals surface area contributed by atoms with Gasteiger partial charge in [0.05, 0.1) is 0 Å². The summed E-state index contributed by atoms with van der Waals surface area (Å²) >= 11 is 0. The minimum absolute atomic E-state index is 0. The molecule has 3 aliphatic rings. The highest BCUT2D eigenvalue weighted by atomic mass is 16.2. The van der Waals surface area contributed by atoms with Crippen molar-refractivity contribution in [3.05, 3.63) is 30.3 Å². The van der Waals surface area contributed by atoms with E-state index >= 15 is 0 Å². The summed E-state index contributed by atoms with van der Waals surface area (Å²) in [6, 6.07) is 9.74. The number of hydrogen-bond acceptors (Lipinski definition) is 1. The molecule has 1 aromatic rings. The largest absolute Gasteiger partial charge is 0.321 e. The number of rotatable bonds is 3. The van der Waals surface area contributed by atoms with Crippen LogP contribution >= 0.6 is 0 Å². The second-order valence-electron chi connectivity index (χ2n) is 5.58. The van der Waals surface area contributed by atoms with Gasteiger partial charge in [-0.05, 0) is 12.1 Å². The van der Waals surface area contributed by atoms with Crippen LogP contribution in [0.4, 0.5) is 5.69 Å². The lowest BCUT2D eigenvalue weighted by atomic mass is 10.1. The van der Waals surface area contributed by atoms with Gasteiger partial charge in [-0.25, -0.2) is 0 Å². The molecule has 19 heavy (non-hydrogen) atoms. The third kappa shape index (κ3) is 3.14. The van der Waals surface area contributed by atoms with E-state index in [0.717, 1.165) is 29.8 Å². The van der Waals surface area contributed by atoms with Crippen LogP contribution in [0.3, 0.4) is 0 Å². The van der Waals surface area contributed by atoms with E-state index in [0.29, 0.717) is 6.54 Å². The van der Waals surface area contributed by atoms with Crippen molar-refractivity contribution in [2.24, 2.45) is 0 Å². The van der Waals surface area contributed by atoms with Crippen LogP contribution in [0.2, 0.25) is 0 Å². The van der Waals surface area contributed by atoms with Crippen molar-refractivity contribution in [1.82, 2.24) is 0 Å². The summed E-state index contributed by atoms with van der Waals surface area (Å²) in [5.41, 5.74) is 0.905. The van der Waals surface area contributed by atoms with E-state index in [1.54, 1.807) is 4.90 Å². The van der Waals surface area contributed by atoms with Gasteiger partial charge in [-0.2, -0.15) is 0 Å². The second kappa shape index (κ2) is 5.72. The third-order valence-electron chi connectivity index (χ3n) is 4.36. The Balaban J connectivity index is 0.00000133. The summed E-state index contributed by atoms with van der Waals surface area (Å²) in [5, 5.41) is 3.00. The molecule has 0 saturated carbocycles. The molecular weight excluding hydrogens is 238 g/mol. The van der Waals surface area contributed by atoms with Gasteiger partial charge in [-0.3, -0.25) is 4.79 Å². The first-order valence-corrected chi connectivity index (χ1v) is 6.79. The summed E-state index contributed by atoms with van der Waals surface area (Å²) < 4.78 is 1.00. The topological polar surface area (TPSA) is 33.5 Å². The number of nitrogens with zero attached hydrogens (tertiary/aromatic N) is 1. The quantitative estimate of drug-likeness (QED) is 0.739. The van der Waals surface area contributed by atoms with Crippen LogP contribution in [0.1, 0.15) is 7.43 Å². The van der Waals surface area contributed by atoms with Crippen LogP contribution in [-0.4, -0.2) is 56.2 Å². The predicted molar refractivity (Wildman–Crippen MR) is 77.1 cm³/mol. The number of piperazine rings is 3.